The summed E-state index contributed by atoms with van der Waals surface area (Å²) < 4.78 is 12.1. The molecule has 0 radical (unpaired) electrons. The van der Waals surface area contributed by atoms with E-state index in [-0.39, 0.29) is 0 Å². The monoisotopic (exact) mass is 392 g/mol. The van der Waals surface area contributed by atoms with E-state index in [1.165, 1.54) is 0 Å². The molecule has 142 valence electrons. The maximum absolute atomic E-state index is 12.3. The van der Waals surface area contributed by atoms with E-state index in [9.17, 15) is 4.79 Å². The zero-order valence-corrected chi connectivity index (χ0v) is 16.5. The highest BCUT2D eigenvalue weighted by atomic mass is 35.5. The van der Waals surface area contributed by atoms with Gasteiger partial charge in [-0.1, -0.05) is 36.4 Å². The lowest BCUT2D eigenvalue weighted by Crippen LogP contribution is -2.14. The van der Waals surface area contributed by atoms with Crippen LogP contribution >= 0.6 is 11.6 Å². The summed E-state index contributed by atoms with van der Waals surface area (Å²) in [5.74, 6) is 1.76. The number of carbonyl (C=O) groups excluding carboxylic acids is 1. The molecule has 0 saturated heterocycles. The van der Waals surface area contributed by atoms with Crippen LogP contribution in [0.5, 0.6) is 17.2 Å². The Morgan fingerprint density at radius 3 is 2.32 bits per heavy atom. The number of ether oxygens (including phenoxy) is 2. The van der Waals surface area contributed by atoms with E-state index in [2.05, 4.69) is 6.58 Å². The van der Waals surface area contributed by atoms with Crippen molar-refractivity contribution in [2.24, 2.45) is 0 Å². The third kappa shape index (κ3) is 3.50. The Morgan fingerprint density at radius 2 is 1.64 bits per heavy atom. The van der Waals surface area contributed by atoms with Crippen LogP contribution in [-0.2, 0) is 17.6 Å². The minimum Gasteiger partial charge on any atom is -0.456 e. The van der Waals surface area contributed by atoms with Crippen molar-refractivity contribution < 1.29 is 14.3 Å². The third-order valence-corrected chi connectivity index (χ3v) is 5.23. The number of rotatable bonds is 4. The number of fused-ring (bicyclic) bond motifs is 2. The molecule has 1 aliphatic rings. The normalized spacial score (nSPS) is 13.1. The number of esters is 1. The quantitative estimate of drug-likeness (QED) is 0.283. The summed E-state index contributed by atoms with van der Waals surface area (Å²) in [6.07, 6.45) is 3.84. The molecule has 0 aromatic heterocycles. The van der Waals surface area contributed by atoms with Crippen molar-refractivity contribution >= 4 is 28.3 Å². The SMILES string of the molecule is C=C(C)C(=O)Oc1c2c(c(Oc3ccccc3)c3cc(Cl)ccc13)CCCC2. The van der Waals surface area contributed by atoms with E-state index in [1.807, 2.05) is 48.5 Å². The minimum atomic E-state index is -0.416. The Bertz CT molecular complexity index is 1070. The van der Waals surface area contributed by atoms with E-state index in [0.717, 1.165) is 59.1 Å². The smallest absolute Gasteiger partial charge is 0.338 e. The van der Waals surface area contributed by atoms with Crippen LogP contribution in [0.15, 0.2) is 60.7 Å². The van der Waals surface area contributed by atoms with Gasteiger partial charge in [-0.2, -0.15) is 0 Å². The molecule has 1 aliphatic carbocycles. The molecule has 3 nitrogen and oxygen atoms in total. The lowest BCUT2D eigenvalue weighted by molar-refractivity contribution is -0.130. The van der Waals surface area contributed by atoms with Gasteiger partial charge in [-0.15, -0.1) is 0 Å². The third-order valence-electron chi connectivity index (χ3n) is 4.99. The van der Waals surface area contributed by atoms with E-state index >= 15 is 0 Å². The Balaban J connectivity index is 1.97. The first-order valence-corrected chi connectivity index (χ1v) is 9.80. The van der Waals surface area contributed by atoms with Crippen LogP contribution in [0.25, 0.3) is 10.8 Å². The summed E-state index contributed by atoms with van der Waals surface area (Å²) in [6, 6.07) is 15.3. The van der Waals surface area contributed by atoms with Crippen molar-refractivity contribution in [3.63, 3.8) is 0 Å². The van der Waals surface area contributed by atoms with Crippen molar-refractivity contribution in [3.05, 3.63) is 76.8 Å². The highest BCUT2D eigenvalue weighted by Gasteiger charge is 2.26. The van der Waals surface area contributed by atoms with Gasteiger partial charge in [0.2, 0.25) is 0 Å². The molecule has 4 rings (SSSR count). The Labute approximate surface area is 169 Å². The molecule has 0 bridgehead atoms. The predicted octanol–water partition coefficient (Wildman–Crippen LogP) is 6.65. The maximum atomic E-state index is 12.3. The van der Waals surface area contributed by atoms with Gasteiger partial charge in [-0.25, -0.2) is 4.79 Å². The average Bonchev–Trinajstić information content (AvgIpc) is 2.71. The number of carbonyl (C=O) groups is 1. The molecular weight excluding hydrogens is 372 g/mol. The van der Waals surface area contributed by atoms with Crippen LogP contribution < -0.4 is 9.47 Å². The lowest BCUT2D eigenvalue weighted by atomic mass is 9.87. The molecule has 28 heavy (non-hydrogen) atoms. The number of halogens is 1. The molecule has 0 atom stereocenters. The van der Waals surface area contributed by atoms with Crippen LogP contribution in [-0.4, -0.2) is 5.97 Å². The fraction of sp³-hybridized carbons (Fsp3) is 0.208. The zero-order valence-electron chi connectivity index (χ0n) is 15.8. The number of hydrogen-bond acceptors (Lipinski definition) is 3. The highest BCUT2D eigenvalue weighted by Crippen LogP contribution is 2.46. The molecule has 0 aliphatic heterocycles. The molecule has 3 aromatic rings. The van der Waals surface area contributed by atoms with Crippen molar-refractivity contribution in [3.8, 4) is 17.2 Å². The first-order chi connectivity index (χ1) is 13.5. The van der Waals surface area contributed by atoms with Crippen molar-refractivity contribution in [2.75, 3.05) is 0 Å². The molecule has 0 unspecified atom stereocenters. The molecule has 0 N–H and O–H groups in total. The van der Waals surface area contributed by atoms with Crippen LogP contribution in [0.2, 0.25) is 5.02 Å². The maximum Gasteiger partial charge on any atom is 0.338 e. The summed E-state index contributed by atoms with van der Waals surface area (Å²) in [4.78, 5) is 12.3. The van der Waals surface area contributed by atoms with Crippen molar-refractivity contribution in [1.82, 2.24) is 0 Å². The standard InChI is InChI=1S/C24H21ClO3/c1-15(2)24(26)28-22-18-10-6-7-11-19(18)23(27-17-8-4-3-5-9-17)21-14-16(25)12-13-20(21)22/h3-5,8-9,12-14H,1,6-7,10-11H2,2H3. The molecule has 0 saturated carbocycles. The van der Waals surface area contributed by atoms with Gasteiger partial charge in [0.25, 0.3) is 0 Å². The van der Waals surface area contributed by atoms with Gasteiger partial charge < -0.3 is 9.47 Å². The largest absolute Gasteiger partial charge is 0.456 e. The Morgan fingerprint density at radius 1 is 0.964 bits per heavy atom. The first kappa shape index (κ1) is 18.6. The van der Waals surface area contributed by atoms with Gasteiger partial charge in [-0.05, 0) is 62.9 Å². The summed E-state index contributed by atoms with van der Waals surface area (Å²) >= 11 is 6.31. The number of benzene rings is 3. The number of hydrogen-bond donors (Lipinski definition) is 0. The van der Waals surface area contributed by atoms with Crippen LogP contribution in [0.3, 0.4) is 0 Å². The van der Waals surface area contributed by atoms with E-state index in [4.69, 9.17) is 21.1 Å². The summed E-state index contributed by atoms with van der Waals surface area (Å²) in [5.41, 5.74) is 2.51. The molecular formula is C24H21ClO3. The highest BCUT2D eigenvalue weighted by molar-refractivity contribution is 6.31. The minimum absolute atomic E-state index is 0.372. The average molecular weight is 393 g/mol. The van der Waals surface area contributed by atoms with E-state index in [1.54, 1.807) is 6.92 Å². The van der Waals surface area contributed by atoms with Gasteiger partial charge in [0.15, 0.2) is 0 Å². The van der Waals surface area contributed by atoms with Crippen LogP contribution in [0, 0.1) is 0 Å². The Hall–Kier alpha value is -2.78. The van der Waals surface area contributed by atoms with Gasteiger partial charge in [0, 0.05) is 32.5 Å². The van der Waals surface area contributed by atoms with Crippen LogP contribution in [0.1, 0.15) is 30.9 Å². The van der Waals surface area contributed by atoms with Crippen LogP contribution in [0.4, 0.5) is 0 Å². The second-order valence-corrected chi connectivity index (χ2v) is 7.53. The summed E-state index contributed by atoms with van der Waals surface area (Å²) in [5, 5.41) is 2.28. The van der Waals surface area contributed by atoms with E-state index < -0.39 is 5.97 Å². The molecule has 0 amide bonds. The van der Waals surface area contributed by atoms with Gasteiger partial charge in [0.1, 0.15) is 17.2 Å². The fourth-order valence-electron chi connectivity index (χ4n) is 3.65. The topological polar surface area (TPSA) is 35.5 Å². The Kier molecular flexibility index (Phi) is 5.10. The molecule has 4 heteroatoms. The second-order valence-electron chi connectivity index (χ2n) is 7.10. The second kappa shape index (κ2) is 7.69. The summed E-state index contributed by atoms with van der Waals surface area (Å²) in [6.45, 7) is 5.36. The van der Waals surface area contributed by atoms with Gasteiger partial charge in [-0.3, -0.25) is 0 Å². The zero-order chi connectivity index (χ0) is 19.7. The van der Waals surface area contributed by atoms with Crippen molar-refractivity contribution in [1.29, 1.82) is 0 Å². The first-order valence-electron chi connectivity index (χ1n) is 9.42. The van der Waals surface area contributed by atoms with Gasteiger partial charge >= 0.3 is 5.97 Å². The lowest BCUT2D eigenvalue weighted by Gasteiger charge is -2.25. The van der Waals surface area contributed by atoms with E-state index in [0.29, 0.717) is 16.3 Å². The summed E-state index contributed by atoms with van der Waals surface area (Å²) in [7, 11) is 0. The fourth-order valence-corrected chi connectivity index (χ4v) is 3.83. The van der Waals surface area contributed by atoms with Gasteiger partial charge in [0.05, 0.1) is 0 Å². The molecule has 0 fully saturated rings. The predicted molar refractivity (Wildman–Crippen MR) is 113 cm³/mol. The molecule has 3 aromatic carbocycles. The molecule has 0 spiro atoms. The van der Waals surface area contributed by atoms with Crippen molar-refractivity contribution in [2.45, 2.75) is 32.6 Å². The number of para-hydroxylation sites is 1. The molecule has 0 heterocycles.